The summed E-state index contributed by atoms with van der Waals surface area (Å²) < 4.78 is 0. The van der Waals surface area contributed by atoms with Crippen LogP contribution in [0.2, 0.25) is 0 Å². The van der Waals surface area contributed by atoms with E-state index in [1.165, 1.54) is 0 Å². The summed E-state index contributed by atoms with van der Waals surface area (Å²) in [6.45, 7) is 0. The van der Waals surface area contributed by atoms with Crippen molar-refractivity contribution >= 4 is 5.78 Å². The lowest BCUT2D eigenvalue weighted by molar-refractivity contribution is 0.0979. The minimum atomic E-state index is -0.724. The highest BCUT2D eigenvalue weighted by atomic mass is 16.1. The lowest BCUT2D eigenvalue weighted by atomic mass is 9.92. The van der Waals surface area contributed by atoms with Gasteiger partial charge >= 0.3 is 0 Å². The second-order valence-electron chi connectivity index (χ2n) is 3.70. The quantitative estimate of drug-likeness (QED) is 0.747. The fourth-order valence-corrected chi connectivity index (χ4v) is 1.70. The number of nitrogens with zero attached hydrogens (tertiary/aromatic N) is 1. The number of carbonyl (C=O) groups excluding carboxylic acids is 1. The first kappa shape index (κ1) is 11.1. The molecular weight excluding hydrogens is 210 g/mol. The van der Waals surface area contributed by atoms with Gasteiger partial charge in [0.15, 0.2) is 5.78 Å². The summed E-state index contributed by atoms with van der Waals surface area (Å²) in [4.78, 5) is 12.2. The van der Waals surface area contributed by atoms with Crippen LogP contribution in [0.4, 0.5) is 0 Å². The largest absolute Gasteiger partial charge is 0.292 e. The van der Waals surface area contributed by atoms with E-state index in [4.69, 9.17) is 5.26 Å². The van der Waals surface area contributed by atoms with Crippen molar-refractivity contribution in [1.82, 2.24) is 0 Å². The van der Waals surface area contributed by atoms with Crippen LogP contribution in [-0.2, 0) is 0 Å². The van der Waals surface area contributed by atoms with E-state index in [1.807, 2.05) is 24.3 Å². The number of Topliss-reactive ketones (excluding diaryl/α,β-unsaturated/α-hetero) is 1. The maximum absolute atomic E-state index is 12.2. The number of nitriles is 1. The average molecular weight is 221 g/mol. The fraction of sp³-hybridized carbons (Fsp3) is 0.0667. The Bertz CT molecular complexity index is 540. The van der Waals surface area contributed by atoms with Gasteiger partial charge in [0.2, 0.25) is 0 Å². The highest BCUT2D eigenvalue weighted by Gasteiger charge is 2.20. The lowest BCUT2D eigenvalue weighted by Gasteiger charge is -2.08. The average Bonchev–Trinajstić information content (AvgIpc) is 2.42. The number of hydrogen-bond acceptors (Lipinski definition) is 2. The van der Waals surface area contributed by atoms with Gasteiger partial charge in [-0.1, -0.05) is 60.7 Å². The zero-order valence-electron chi connectivity index (χ0n) is 9.21. The molecule has 2 rings (SSSR count). The van der Waals surface area contributed by atoms with Crippen molar-refractivity contribution in [3.8, 4) is 6.07 Å². The number of ketones is 1. The summed E-state index contributed by atoms with van der Waals surface area (Å²) in [5, 5.41) is 9.14. The van der Waals surface area contributed by atoms with Crippen molar-refractivity contribution in [1.29, 1.82) is 5.26 Å². The van der Waals surface area contributed by atoms with Crippen molar-refractivity contribution in [2.75, 3.05) is 0 Å². The van der Waals surface area contributed by atoms with E-state index in [0.717, 1.165) is 5.56 Å². The van der Waals surface area contributed by atoms with Crippen LogP contribution in [0.25, 0.3) is 0 Å². The molecule has 1 atom stereocenters. The molecule has 0 unspecified atom stereocenters. The lowest BCUT2D eigenvalue weighted by Crippen LogP contribution is -2.10. The summed E-state index contributed by atoms with van der Waals surface area (Å²) in [5.41, 5.74) is 1.31. The summed E-state index contributed by atoms with van der Waals surface area (Å²) in [7, 11) is 0. The fourth-order valence-electron chi connectivity index (χ4n) is 1.70. The molecule has 0 aromatic heterocycles. The van der Waals surface area contributed by atoms with Crippen molar-refractivity contribution in [3.63, 3.8) is 0 Å². The molecule has 0 saturated heterocycles. The minimum absolute atomic E-state index is 0.153. The van der Waals surface area contributed by atoms with Gasteiger partial charge in [-0.15, -0.1) is 0 Å². The van der Waals surface area contributed by atoms with Gasteiger partial charge in [0.1, 0.15) is 5.92 Å². The van der Waals surface area contributed by atoms with Gasteiger partial charge in [0, 0.05) is 5.56 Å². The Labute approximate surface area is 100 Å². The normalized spacial score (nSPS) is 11.5. The molecule has 0 heterocycles. The number of carbonyl (C=O) groups is 1. The van der Waals surface area contributed by atoms with E-state index in [0.29, 0.717) is 5.56 Å². The Hall–Kier alpha value is -2.40. The van der Waals surface area contributed by atoms with Crippen LogP contribution in [0.3, 0.4) is 0 Å². The Kier molecular flexibility index (Phi) is 3.32. The van der Waals surface area contributed by atoms with Gasteiger partial charge in [0.05, 0.1) is 6.07 Å². The molecule has 0 N–H and O–H groups in total. The molecule has 2 nitrogen and oxygen atoms in total. The Morgan fingerprint density at radius 3 is 2.00 bits per heavy atom. The van der Waals surface area contributed by atoms with Crippen LogP contribution < -0.4 is 0 Å². The SMILES string of the molecule is N#C[C@@H](C(=O)c1ccccc1)c1ccccc1. The molecule has 0 radical (unpaired) electrons. The Morgan fingerprint density at radius 1 is 0.941 bits per heavy atom. The van der Waals surface area contributed by atoms with Crippen molar-refractivity contribution < 1.29 is 4.79 Å². The van der Waals surface area contributed by atoms with Crippen LogP contribution in [0.15, 0.2) is 60.7 Å². The molecule has 2 heteroatoms. The van der Waals surface area contributed by atoms with Gasteiger partial charge in [-0.05, 0) is 5.56 Å². The highest BCUT2D eigenvalue weighted by Crippen LogP contribution is 2.19. The van der Waals surface area contributed by atoms with Gasteiger partial charge in [0.25, 0.3) is 0 Å². The standard InChI is InChI=1S/C15H11NO/c16-11-14(12-7-3-1-4-8-12)15(17)13-9-5-2-6-10-13/h1-10,14H/t14-/m1/s1. The summed E-state index contributed by atoms with van der Waals surface area (Å²) in [6, 6.07) is 20.1. The molecule has 0 amide bonds. The molecule has 2 aromatic rings. The minimum Gasteiger partial charge on any atom is -0.292 e. The maximum atomic E-state index is 12.2. The third-order valence-corrected chi connectivity index (χ3v) is 2.58. The molecule has 0 bridgehead atoms. The first-order valence-corrected chi connectivity index (χ1v) is 5.37. The van der Waals surface area contributed by atoms with Gasteiger partial charge in [-0.2, -0.15) is 5.26 Å². The number of rotatable bonds is 3. The highest BCUT2D eigenvalue weighted by molar-refractivity contribution is 6.02. The van der Waals surface area contributed by atoms with Crippen molar-refractivity contribution in [2.24, 2.45) is 0 Å². The smallest absolute Gasteiger partial charge is 0.184 e. The summed E-state index contributed by atoms with van der Waals surface area (Å²) in [5.74, 6) is -0.877. The molecule has 0 spiro atoms. The van der Waals surface area contributed by atoms with E-state index in [-0.39, 0.29) is 5.78 Å². The van der Waals surface area contributed by atoms with Gasteiger partial charge in [-0.3, -0.25) is 4.79 Å². The summed E-state index contributed by atoms with van der Waals surface area (Å²) >= 11 is 0. The van der Waals surface area contributed by atoms with E-state index in [9.17, 15) is 4.79 Å². The van der Waals surface area contributed by atoms with Crippen molar-refractivity contribution in [2.45, 2.75) is 5.92 Å². The molecule has 2 aromatic carbocycles. The van der Waals surface area contributed by atoms with E-state index < -0.39 is 5.92 Å². The molecule has 0 aliphatic heterocycles. The second-order valence-corrected chi connectivity index (χ2v) is 3.70. The first-order chi connectivity index (χ1) is 8.33. The Morgan fingerprint density at radius 2 is 1.47 bits per heavy atom. The molecule has 17 heavy (non-hydrogen) atoms. The molecule has 0 saturated carbocycles. The van der Waals surface area contributed by atoms with Crippen molar-refractivity contribution in [3.05, 3.63) is 71.8 Å². The van der Waals surface area contributed by atoms with Crippen LogP contribution in [-0.4, -0.2) is 5.78 Å². The van der Waals surface area contributed by atoms with E-state index >= 15 is 0 Å². The van der Waals surface area contributed by atoms with Gasteiger partial charge in [-0.25, -0.2) is 0 Å². The molecule has 82 valence electrons. The topological polar surface area (TPSA) is 40.9 Å². The number of hydrogen-bond donors (Lipinski definition) is 0. The Balaban J connectivity index is 2.33. The molecule has 0 aliphatic carbocycles. The van der Waals surface area contributed by atoms with E-state index in [2.05, 4.69) is 6.07 Å². The maximum Gasteiger partial charge on any atom is 0.184 e. The van der Waals surface area contributed by atoms with Gasteiger partial charge < -0.3 is 0 Å². The van der Waals surface area contributed by atoms with Crippen LogP contribution in [0, 0.1) is 11.3 Å². The van der Waals surface area contributed by atoms with E-state index in [1.54, 1.807) is 36.4 Å². The molecule has 0 aliphatic rings. The third kappa shape index (κ3) is 2.40. The molecule has 0 fully saturated rings. The van der Waals surface area contributed by atoms with Crippen LogP contribution in [0.1, 0.15) is 21.8 Å². The van der Waals surface area contributed by atoms with Crippen LogP contribution in [0.5, 0.6) is 0 Å². The zero-order chi connectivity index (χ0) is 12.1. The first-order valence-electron chi connectivity index (χ1n) is 5.37. The number of benzene rings is 2. The second kappa shape index (κ2) is 5.09. The monoisotopic (exact) mass is 221 g/mol. The third-order valence-electron chi connectivity index (χ3n) is 2.58. The predicted molar refractivity (Wildman–Crippen MR) is 65.6 cm³/mol. The summed E-state index contributed by atoms with van der Waals surface area (Å²) in [6.07, 6.45) is 0. The predicted octanol–water partition coefficient (Wildman–Crippen LogP) is 3.18. The van der Waals surface area contributed by atoms with Crippen LogP contribution >= 0.6 is 0 Å². The zero-order valence-corrected chi connectivity index (χ0v) is 9.21. The molecular formula is C15H11NO.